The summed E-state index contributed by atoms with van der Waals surface area (Å²) < 4.78 is 32.3. The highest BCUT2D eigenvalue weighted by molar-refractivity contribution is 7.91. The monoisotopic (exact) mass is 468 g/mol. The number of fused-ring (bicyclic) bond motifs is 1. The number of sulfonamides is 1. The first-order valence-corrected chi connectivity index (χ1v) is 13.2. The molecule has 1 amide bonds. The molecule has 0 spiro atoms. The molecular weight excluding hydrogens is 444 g/mol. The maximum Gasteiger partial charge on any atom is 0.341 e. The number of rotatable bonds is 6. The lowest BCUT2D eigenvalue weighted by atomic mass is 9.97. The lowest BCUT2D eigenvalue weighted by Crippen LogP contribution is -2.41. The van der Waals surface area contributed by atoms with Crippen molar-refractivity contribution < 1.29 is 22.7 Å². The van der Waals surface area contributed by atoms with Gasteiger partial charge in [0.25, 0.3) is 10.0 Å². The van der Waals surface area contributed by atoms with E-state index in [2.05, 4.69) is 5.32 Å². The van der Waals surface area contributed by atoms with E-state index in [1.165, 1.54) is 27.0 Å². The first kappa shape index (κ1) is 21.5. The minimum absolute atomic E-state index is 0.159. The molecule has 3 heterocycles. The van der Waals surface area contributed by atoms with Crippen molar-refractivity contribution in [2.24, 2.45) is 5.92 Å². The normalized spacial score (nSPS) is 17.6. The smallest absolute Gasteiger partial charge is 0.341 e. The van der Waals surface area contributed by atoms with Crippen molar-refractivity contribution in [3.8, 4) is 0 Å². The van der Waals surface area contributed by atoms with Crippen molar-refractivity contribution in [3.05, 3.63) is 33.5 Å². The molecule has 0 radical (unpaired) electrons. The van der Waals surface area contributed by atoms with Gasteiger partial charge in [0, 0.05) is 23.9 Å². The highest BCUT2D eigenvalue weighted by Crippen LogP contribution is 2.40. The third-order valence-corrected chi connectivity index (χ3v) is 10.0. The summed E-state index contributed by atoms with van der Waals surface area (Å²) in [6.45, 7) is 2.67. The molecule has 1 aliphatic carbocycles. The average molecular weight is 469 g/mol. The van der Waals surface area contributed by atoms with E-state index in [4.69, 9.17) is 4.74 Å². The second-order valence-corrected chi connectivity index (χ2v) is 11.6. The Hall–Kier alpha value is -1.75. The molecule has 4 rings (SSSR count). The summed E-state index contributed by atoms with van der Waals surface area (Å²) in [5.41, 5.74) is 1.51. The molecule has 10 heteroatoms. The molecule has 162 valence electrons. The van der Waals surface area contributed by atoms with E-state index in [0.29, 0.717) is 40.7 Å². The molecule has 2 aromatic rings. The summed E-state index contributed by atoms with van der Waals surface area (Å²) in [6, 6.07) is 3.32. The van der Waals surface area contributed by atoms with Crippen molar-refractivity contribution in [2.75, 3.05) is 25.0 Å². The van der Waals surface area contributed by atoms with Crippen LogP contribution in [0.25, 0.3) is 0 Å². The van der Waals surface area contributed by atoms with Crippen LogP contribution in [0.4, 0.5) is 5.00 Å². The van der Waals surface area contributed by atoms with E-state index in [9.17, 15) is 18.0 Å². The number of amides is 1. The van der Waals surface area contributed by atoms with Crippen LogP contribution in [-0.4, -0.2) is 44.3 Å². The second kappa shape index (κ2) is 8.78. The molecule has 2 aliphatic rings. The van der Waals surface area contributed by atoms with Crippen LogP contribution in [0.2, 0.25) is 0 Å². The molecule has 1 N–H and O–H groups in total. The Morgan fingerprint density at radius 2 is 2.03 bits per heavy atom. The molecule has 0 bridgehead atoms. The first-order valence-electron chi connectivity index (χ1n) is 10.1. The van der Waals surface area contributed by atoms with E-state index in [1.807, 2.05) is 0 Å². The van der Waals surface area contributed by atoms with Gasteiger partial charge in [-0.1, -0.05) is 6.07 Å². The number of ether oxygens (including phenoxy) is 1. The molecule has 0 saturated carbocycles. The number of carbonyl (C=O) groups is 2. The van der Waals surface area contributed by atoms with Gasteiger partial charge in [0.2, 0.25) is 5.91 Å². The molecular formula is C20H24N2O5S3. The van der Waals surface area contributed by atoms with Crippen LogP contribution in [0.3, 0.4) is 0 Å². The lowest BCUT2D eigenvalue weighted by Gasteiger charge is -2.30. The van der Waals surface area contributed by atoms with E-state index < -0.39 is 10.0 Å². The Labute approximate surface area is 184 Å². The number of piperidine rings is 1. The van der Waals surface area contributed by atoms with E-state index in [0.717, 1.165) is 29.7 Å². The molecule has 0 atom stereocenters. The molecule has 0 unspecified atom stereocenters. The highest BCUT2D eigenvalue weighted by Gasteiger charge is 2.34. The zero-order valence-electron chi connectivity index (χ0n) is 16.7. The van der Waals surface area contributed by atoms with Gasteiger partial charge in [-0.25, -0.2) is 13.2 Å². The number of hydrogen-bond acceptors (Lipinski definition) is 7. The van der Waals surface area contributed by atoms with Gasteiger partial charge in [-0.2, -0.15) is 4.31 Å². The standard InChI is InChI=1S/C20H24N2O5S3/c1-2-27-20(24)17-14-5-3-6-15(14)29-19(17)21-18(23)13-8-10-22(11-9-13)30(25,26)16-7-4-12-28-16/h4,7,12-13H,2-3,5-6,8-11H2,1H3,(H,21,23). The highest BCUT2D eigenvalue weighted by atomic mass is 32.2. The summed E-state index contributed by atoms with van der Waals surface area (Å²) in [5.74, 6) is -0.829. The third kappa shape index (κ3) is 4.05. The molecule has 30 heavy (non-hydrogen) atoms. The van der Waals surface area contributed by atoms with E-state index in [-0.39, 0.29) is 24.4 Å². The Morgan fingerprint density at radius 1 is 1.27 bits per heavy atom. The quantitative estimate of drug-likeness (QED) is 0.655. The van der Waals surface area contributed by atoms with Gasteiger partial charge >= 0.3 is 5.97 Å². The first-order chi connectivity index (χ1) is 14.4. The van der Waals surface area contributed by atoms with Gasteiger partial charge in [-0.3, -0.25) is 4.79 Å². The van der Waals surface area contributed by atoms with Gasteiger partial charge < -0.3 is 10.1 Å². The van der Waals surface area contributed by atoms with Crippen LogP contribution in [0.5, 0.6) is 0 Å². The molecule has 2 aromatic heterocycles. The predicted octanol–water partition coefficient (Wildman–Crippen LogP) is 3.51. The maximum atomic E-state index is 12.9. The summed E-state index contributed by atoms with van der Waals surface area (Å²) >= 11 is 2.66. The second-order valence-electron chi connectivity index (χ2n) is 7.38. The predicted molar refractivity (Wildman–Crippen MR) is 117 cm³/mol. The van der Waals surface area contributed by atoms with Gasteiger partial charge in [-0.05, 0) is 56.0 Å². The minimum atomic E-state index is -3.49. The Kier molecular flexibility index (Phi) is 6.29. The fraction of sp³-hybridized carbons (Fsp3) is 0.500. The lowest BCUT2D eigenvalue weighted by molar-refractivity contribution is -0.120. The molecule has 1 fully saturated rings. The fourth-order valence-corrected chi connectivity index (χ4v) is 7.92. The minimum Gasteiger partial charge on any atom is -0.462 e. The summed E-state index contributed by atoms with van der Waals surface area (Å²) in [6.07, 6.45) is 3.67. The molecule has 1 aliphatic heterocycles. The third-order valence-electron chi connectivity index (χ3n) is 5.55. The van der Waals surface area contributed by atoms with Crippen LogP contribution >= 0.6 is 22.7 Å². The van der Waals surface area contributed by atoms with Crippen molar-refractivity contribution in [3.63, 3.8) is 0 Å². The Bertz CT molecular complexity index is 1030. The number of esters is 1. The zero-order valence-corrected chi connectivity index (χ0v) is 19.1. The fourth-order valence-electron chi connectivity index (χ4n) is 4.02. The van der Waals surface area contributed by atoms with Crippen LogP contribution < -0.4 is 5.32 Å². The zero-order chi connectivity index (χ0) is 21.3. The number of thiophene rings is 2. The van der Waals surface area contributed by atoms with E-state index in [1.54, 1.807) is 24.4 Å². The Morgan fingerprint density at radius 3 is 2.70 bits per heavy atom. The number of hydrogen-bond donors (Lipinski definition) is 1. The number of aryl methyl sites for hydroxylation is 1. The van der Waals surface area contributed by atoms with Gasteiger partial charge in [0.1, 0.15) is 9.21 Å². The van der Waals surface area contributed by atoms with Crippen LogP contribution in [-0.2, 0) is 32.4 Å². The summed E-state index contributed by atoms with van der Waals surface area (Å²) in [7, 11) is -3.49. The Balaban J connectivity index is 1.43. The summed E-state index contributed by atoms with van der Waals surface area (Å²) in [5, 5.41) is 5.25. The van der Waals surface area contributed by atoms with Gasteiger partial charge in [-0.15, -0.1) is 22.7 Å². The molecule has 1 saturated heterocycles. The van der Waals surface area contributed by atoms with Gasteiger partial charge in [0.05, 0.1) is 12.2 Å². The number of anilines is 1. The summed E-state index contributed by atoms with van der Waals surface area (Å²) in [4.78, 5) is 26.5. The number of nitrogens with zero attached hydrogens (tertiary/aromatic N) is 1. The van der Waals surface area contributed by atoms with Crippen LogP contribution in [0, 0.1) is 5.92 Å². The van der Waals surface area contributed by atoms with Crippen molar-refractivity contribution >= 4 is 49.6 Å². The number of carbonyl (C=O) groups excluding carboxylic acids is 2. The van der Waals surface area contributed by atoms with Crippen molar-refractivity contribution in [1.82, 2.24) is 4.31 Å². The van der Waals surface area contributed by atoms with Gasteiger partial charge in [0.15, 0.2) is 0 Å². The van der Waals surface area contributed by atoms with Crippen LogP contribution in [0.15, 0.2) is 21.7 Å². The maximum absolute atomic E-state index is 12.9. The van der Waals surface area contributed by atoms with Crippen molar-refractivity contribution in [1.29, 1.82) is 0 Å². The SMILES string of the molecule is CCOC(=O)c1c(NC(=O)C2CCN(S(=O)(=O)c3cccs3)CC2)sc2c1CCC2. The van der Waals surface area contributed by atoms with E-state index >= 15 is 0 Å². The molecule has 7 nitrogen and oxygen atoms in total. The molecule has 0 aromatic carbocycles. The number of nitrogens with one attached hydrogen (secondary N) is 1. The topological polar surface area (TPSA) is 92.8 Å². The largest absolute Gasteiger partial charge is 0.462 e. The van der Waals surface area contributed by atoms with Crippen molar-refractivity contribution in [2.45, 2.75) is 43.2 Å². The van der Waals surface area contributed by atoms with Crippen LogP contribution in [0.1, 0.15) is 47.0 Å². The average Bonchev–Trinajstić information content (AvgIpc) is 3.46.